The van der Waals surface area contributed by atoms with Crippen LogP contribution >= 0.6 is 23.1 Å². The van der Waals surface area contributed by atoms with Crippen molar-refractivity contribution in [3.63, 3.8) is 0 Å². The van der Waals surface area contributed by atoms with Crippen LogP contribution in [0.3, 0.4) is 0 Å². The quantitative estimate of drug-likeness (QED) is 0.540. The SMILES string of the molecule is CC(C(=O)Nc1sccc1C(N)=O)N1CCN(S(=O)(=O)c2cccc3nsnc23)CC1. The van der Waals surface area contributed by atoms with Gasteiger partial charge in [-0.3, -0.25) is 14.5 Å². The minimum absolute atomic E-state index is 0.148. The number of anilines is 1. The number of amides is 2. The monoisotopic (exact) mass is 480 g/mol. The fourth-order valence-corrected chi connectivity index (χ4v) is 6.41. The number of sulfonamides is 1. The second kappa shape index (κ2) is 8.59. The van der Waals surface area contributed by atoms with Crippen molar-refractivity contribution in [2.75, 3.05) is 31.5 Å². The number of piperazine rings is 1. The van der Waals surface area contributed by atoms with Crippen molar-refractivity contribution in [1.29, 1.82) is 0 Å². The van der Waals surface area contributed by atoms with Gasteiger partial charge < -0.3 is 11.1 Å². The minimum atomic E-state index is -3.72. The molecule has 1 aliphatic heterocycles. The number of benzene rings is 1. The standard InChI is InChI=1S/C18H20N6O4S3/c1-11(17(26)20-18-12(16(19)25)5-10-29-18)23-6-8-24(9-7-23)31(27,28)14-4-2-3-13-15(14)22-30-21-13/h2-5,10-11H,6-9H2,1H3,(H2,19,25)(H,20,26). The van der Waals surface area contributed by atoms with Crippen molar-refractivity contribution in [1.82, 2.24) is 18.0 Å². The fourth-order valence-electron chi connectivity index (χ4n) is 3.44. The van der Waals surface area contributed by atoms with Gasteiger partial charge in [-0.15, -0.1) is 11.3 Å². The zero-order chi connectivity index (χ0) is 22.2. The highest BCUT2D eigenvalue weighted by Gasteiger charge is 2.33. The summed E-state index contributed by atoms with van der Waals surface area (Å²) < 4.78 is 35.9. The summed E-state index contributed by atoms with van der Waals surface area (Å²) in [7, 11) is -3.72. The summed E-state index contributed by atoms with van der Waals surface area (Å²) in [6.45, 7) is 3.04. The molecule has 2 aromatic heterocycles. The summed E-state index contributed by atoms with van der Waals surface area (Å²) in [6.07, 6.45) is 0. The number of hydrogen-bond donors (Lipinski definition) is 2. The van der Waals surface area contributed by atoms with E-state index in [9.17, 15) is 18.0 Å². The summed E-state index contributed by atoms with van der Waals surface area (Å²) in [5.41, 5.74) is 6.52. The molecule has 1 fully saturated rings. The lowest BCUT2D eigenvalue weighted by Crippen LogP contribution is -2.53. The smallest absolute Gasteiger partial charge is 0.251 e. The summed E-state index contributed by atoms with van der Waals surface area (Å²) in [5.74, 6) is -0.882. The molecule has 10 nitrogen and oxygen atoms in total. The van der Waals surface area contributed by atoms with Gasteiger partial charge in [-0.1, -0.05) is 6.07 Å². The first-order valence-electron chi connectivity index (χ1n) is 9.42. The van der Waals surface area contributed by atoms with Crippen LogP contribution in [0.5, 0.6) is 0 Å². The lowest BCUT2D eigenvalue weighted by Gasteiger charge is -2.36. The summed E-state index contributed by atoms with van der Waals surface area (Å²) in [4.78, 5) is 26.2. The van der Waals surface area contributed by atoms with Gasteiger partial charge >= 0.3 is 0 Å². The number of nitrogens with one attached hydrogen (secondary N) is 1. The molecule has 2 amide bonds. The Morgan fingerprint density at radius 2 is 1.90 bits per heavy atom. The number of rotatable bonds is 6. The van der Waals surface area contributed by atoms with Crippen molar-refractivity contribution < 1.29 is 18.0 Å². The Morgan fingerprint density at radius 1 is 1.16 bits per heavy atom. The highest BCUT2D eigenvalue weighted by molar-refractivity contribution is 7.89. The first-order valence-corrected chi connectivity index (χ1v) is 12.5. The molecule has 0 spiro atoms. The van der Waals surface area contributed by atoms with Crippen LogP contribution in [0.2, 0.25) is 0 Å². The average Bonchev–Trinajstić information content (AvgIpc) is 3.42. The number of nitrogens with two attached hydrogens (primary N) is 1. The first-order chi connectivity index (χ1) is 14.8. The summed E-state index contributed by atoms with van der Waals surface area (Å²) >= 11 is 2.20. The van der Waals surface area contributed by atoms with E-state index >= 15 is 0 Å². The maximum Gasteiger partial charge on any atom is 0.251 e. The molecule has 1 aromatic carbocycles. The van der Waals surface area contributed by atoms with Gasteiger partial charge in [0.25, 0.3) is 5.91 Å². The maximum atomic E-state index is 13.1. The zero-order valence-electron chi connectivity index (χ0n) is 16.5. The van der Waals surface area contributed by atoms with Crippen LogP contribution in [0.4, 0.5) is 5.00 Å². The molecule has 1 unspecified atom stereocenters. The van der Waals surface area contributed by atoms with E-state index in [0.29, 0.717) is 29.1 Å². The topological polar surface area (TPSA) is 139 Å². The molecule has 1 atom stereocenters. The van der Waals surface area contributed by atoms with Crippen molar-refractivity contribution in [3.8, 4) is 0 Å². The van der Waals surface area contributed by atoms with Gasteiger partial charge in [0.1, 0.15) is 20.9 Å². The molecule has 13 heteroatoms. The number of primary amides is 1. The van der Waals surface area contributed by atoms with Gasteiger partial charge in [0.15, 0.2) is 0 Å². The maximum absolute atomic E-state index is 13.1. The lowest BCUT2D eigenvalue weighted by molar-refractivity contribution is -0.121. The Bertz CT molecular complexity index is 1230. The Labute approximate surface area is 187 Å². The van der Waals surface area contributed by atoms with Crippen molar-refractivity contribution in [2.45, 2.75) is 17.9 Å². The minimum Gasteiger partial charge on any atom is -0.366 e. The van der Waals surface area contributed by atoms with Crippen LogP contribution in [0, 0.1) is 0 Å². The summed E-state index contributed by atoms with van der Waals surface area (Å²) in [5, 5.41) is 4.84. The van der Waals surface area contributed by atoms with Gasteiger partial charge in [-0.25, -0.2) is 8.42 Å². The third-order valence-electron chi connectivity index (χ3n) is 5.23. The molecule has 1 saturated heterocycles. The van der Waals surface area contributed by atoms with E-state index in [1.165, 1.54) is 15.6 Å². The molecule has 1 aliphatic rings. The van der Waals surface area contributed by atoms with Crippen LogP contribution in [0.15, 0.2) is 34.5 Å². The van der Waals surface area contributed by atoms with Crippen molar-refractivity contribution >= 4 is 60.9 Å². The Morgan fingerprint density at radius 3 is 2.61 bits per heavy atom. The second-order valence-electron chi connectivity index (χ2n) is 7.02. The molecule has 0 radical (unpaired) electrons. The molecular formula is C18H20N6O4S3. The fraction of sp³-hybridized carbons (Fsp3) is 0.333. The van der Waals surface area contributed by atoms with Gasteiger partial charge in [0.05, 0.1) is 23.3 Å². The molecule has 0 bridgehead atoms. The number of fused-ring (bicyclic) bond motifs is 1. The van der Waals surface area contributed by atoms with Crippen LogP contribution in [-0.4, -0.2) is 70.4 Å². The van der Waals surface area contributed by atoms with E-state index < -0.39 is 22.0 Å². The van der Waals surface area contributed by atoms with Crippen molar-refractivity contribution in [3.05, 3.63) is 35.2 Å². The third kappa shape index (κ3) is 4.19. The highest BCUT2D eigenvalue weighted by atomic mass is 32.2. The van der Waals surface area contributed by atoms with Crippen LogP contribution in [0.1, 0.15) is 17.3 Å². The molecule has 4 rings (SSSR count). The predicted octanol–water partition coefficient (Wildman–Crippen LogP) is 1.19. The average molecular weight is 481 g/mol. The number of hydrogen-bond acceptors (Lipinski definition) is 9. The van der Waals surface area contributed by atoms with Crippen molar-refractivity contribution in [2.24, 2.45) is 5.73 Å². The lowest BCUT2D eigenvalue weighted by atomic mass is 10.2. The molecule has 0 aliphatic carbocycles. The van der Waals surface area contributed by atoms with Gasteiger partial charge in [-0.05, 0) is 30.5 Å². The zero-order valence-corrected chi connectivity index (χ0v) is 19.0. The number of aromatic nitrogens is 2. The van der Waals surface area contributed by atoms with E-state index in [1.54, 1.807) is 36.6 Å². The number of nitrogens with zero attached hydrogens (tertiary/aromatic N) is 4. The Balaban J connectivity index is 1.42. The van der Waals surface area contributed by atoms with Gasteiger partial charge in [0, 0.05) is 26.2 Å². The van der Waals surface area contributed by atoms with Crippen LogP contribution < -0.4 is 11.1 Å². The number of carbonyl (C=O) groups excluding carboxylic acids is 2. The largest absolute Gasteiger partial charge is 0.366 e. The van der Waals surface area contributed by atoms with Crippen LogP contribution in [0.25, 0.3) is 11.0 Å². The van der Waals surface area contributed by atoms with E-state index in [2.05, 4.69) is 14.1 Å². The summed E-state index contributed by atoms with van der Waals surface area (Å²) in [6, 6.07) is 5.99. The van der Waals surface area contributed by atoms with Gasteiger partial charge in [-0.2, -0.15) is 13.1 Å². The predicted molar refractivity (Wildman–Crippen MR) is 119 cm³/mol. The molecule has 3 heterocycles. The molecule has 164 valence electrons. The normalized spacial score (nSPS) is 16.9. The highest BCUT2D eigenvalue weighted by Crippen LogP contribution is 2.26. The molecule has 31 heavy (non-hydrogen) atoms. The molecular weight excluding hydrogens is 460 g/mol. The molecule has 0 saturated carbocycles. The van der Waals surface area contributed by atoms with E-state index in [1.807, 2.05) is 4.90 Å². The van der Waals surface area contributed by atoms with E-state index in [0.717, 1.165) is 11.7 Å². The number of thiophene rings is 1. The van der Waals surface area contributed by atoms with Gasteiger partial charge in [0.2, 0.25) is 15.9 Å². The Kier molecular flexibility index (Phi) is 6.03. The number of carbonyl (C=O) groups is 2. The molecule has 3 aromatic rings. The molecule has 3 N–H and O–H groups in total. The van der Waals surface area contributed by atoms with Crippen LogP contribution in [-0.2, 0) is 14.8 Å². The third-order valence-corrected chi connectivity index (χ3v) is 8.54. The second-order valence-corrected chi connectivity index (χ2v) is 10.4. The van der Waals surface area contributed by atoms with E-state index in [4.69, 9.17) is 5.73 Å². The first kappa shape index (κ1) is 21.8. The van der Waals surface area contributed by atoms with E-state index in [-0.39, 0.29) is 29.5 Å². The Hall–Kier alpha value is -2.45.